The Morgan fingerprint density at radius 1 is 1.43 bits per heavy atom. The van der Waals surface area contributed by atoms with Crippen LogP contribution < -0.4 is 5.56 Å². The number of fused-ring (bicyclic) bond motifs is 1. The van der Waals surface area contributed by atoms with Gasteiger partial charge in [0.1, 0.15) is 5.76 Å². The fraction of sp³-hybridized carbons (Fsp3) is 0.538. The summed E-state index contributed by atoms with van der Waals surface area (Å²) >= 11 is 0. The number of nitrogens with zero attached hydrogens (tertiary/aromatic N) is 3. The first-order chi connectivity index (χ1) is 9.70. The number of carboxylic acid groups (broad SMARTS) is 1. The van der Waals surface area contributed by atoms with Crippen molar-refractivity contribution in [3.8, 4) is 0 Å². The molecule has 21 heavy (non-hydrogen) atoms. The molecule has 2 rings (SSSR count). The average Bonchev–Trinajstić information content (AvgIpc) is 2.73. The van der Waals surface area contributed by atoms with Gasteiger partial charge in [0, 0.05) is 0 Å². The van der Waals surface area contributed by atoms with Gasteiger partial charge in [-0.1, -0.05) is 5.16 Å². The van der Waals surface area contributed by atoms with Crippen LogP contribution in [0.3, 0.4) is 0 Å². The first-order valence-corrected chi connectivity index (χ1v) is 6.45. The lowest BCUT2D eigenvalue weighted by Crippen LogP contribution is -2.30. The third-order valence-electron chi connectivity index (χ3n) is 2.80. The van der Waals surface area contributed by atoms with Crippen LogP contribution in [0.5, 0.6) is 0 Å². The minimum absolute atomic E-state index is 0.0318. The Morgan fingerprint density at radius 2 is 2.10 bits per heavy atom. The van der Waals surface area contributed by atoms with Gasteiger partial charge in [0.2, 0.25) is 0 Å². The Hall–Kier alpha value is -2.22. The molecular formula is C13H17N3O5. The molecule has 0 aliphatic rings. The first kappa shape index (κ1) is 15.2. The predicted octanol–water partition coefficient (Wildman–Crippen LogP) is 1.21. The molecule has 0 saturated heterocycles. The molecule has 1 N–H and O–H groups in total. The molecule has 0 saturated carbocycles. The van der Waals surface area contributed by atoms with Gasteiger partial charge < -0.3 is 14.4 Å². The van der Waals surface area contributed by atoms with Gasteiger partial charge in [-0.3, -0.25) is 4.79 Å². The van der Waals surface area contributed by atoms with Crippen molar-refractivity contribution in [3.05, 3.63) is 21.8 Å². The van der Waals surface area contributed by atoms with Gasteiger partial charge in [-0.25, -0.2) is 9.48 Å². The van der Waals surface area contributed by atoms with E-state index in [1.54, 1.807) is 0 Å². The van der Waals surface area contributed by atoms with Crippen LogP contribution in [0.4, 0.5) is 0 Å². The summed E-state index contributed by atoms with van der Waals surface area (Å²) in [7, 11) is 0. The zero-order valence-corrected chi connectivity index (χ0v) is 12.3. The summed E-state index contributed by atoms with van der Waals surface area (Å²) in [4.78, 5) is 23.5. The van der Waals surface area contributed by atoms with Gasteiger partial charge in [0.25, 0.3) is 5.56 Å². The monoisotopic (exact) mass is 295 g/mol. The van der Waals surface area contributed by atoms with Crippen molar-refractivity contribution in [3.63, 3.8) is 0 Å². The number of aryl methyl sites for hydroxylation is 1. The molecule has 2 aromatic rings. The average molecular weight is 295 g/mol. The molecule has 0 aliphatic carbocycles. The van der Waals surface area contributed by atoms with E-state index < -0.39 is 11.5 Å². The lowest BCUT2D eigenvalue weighted by Gasteiger charge is -2.19. The minimum atomic E-state index is -1.24. The second-order valence-electron chi connectivity index (χ2n) is 5.61. The van der Waals surface area contributed by atoms with Crippen LogP contribution in [-0.4, -0.2) is 38.2 Å². The molecule has 2 aromatic heterocycles. The molecular weight excluding hydrogens is 278 g/mol. The van der Waals surface area contributed by atoms with E-state index in [-0.39, 0.29) is 41.1 Å². The molecule has 8 nitrogen and oxygen atoms in total. The fourth-order valence-electron chi connectivity index (χ4n) is 1.87. The van der Waals surface area contributed by atoms with E-state index in [1.807, 2.05) is 20.8 Å². The van der Waals surface area contributed by atoms with Crippen LogP contribution >= 0.6 is 0 Å². The van der Waals surface area contributed by atoms with Crippen LogP contribution in [0.2, 0.25) is 0 Å². The van der Waals surface area contributed by atoms with Crippen molar-refractivity contribution in [2.24, 2.45) is 0 Å². The van der Waals surface area contributed by atoms with E-state index in [9.17, 15) is 14.7 Å². The summed E-state index contributed by atoms with van der Waals surface area (Å²) in [6.45, 7) is 7.56. The van der Waals surface area contributed by atoms with Gasteiger partial charge in [-0.15, -0.1) is 0 Å². The maximum Gasteiger partial charge on any atom is 0.357 e. The maximum atomic E-state index is 12.2. The smallest absolute Gasteiger partial charge is 0.357 e. The van der Waals surface area contributed by atoms with Crippen LogP contribution in [0, 0.1) is 6.92 Å². The van der Waals surface area contributed by atoms with Crippen LogP contribution in [0.1, 0.15) is 37.0 Å². The van der Waals surface area contributed by atoms with E-state index >= 15 is 0 Å². The van der Waals surface area contributed by atoms with Crippen molar-refractivity contribution in [1.29, 1.82) is 0 Å². The molecule has 0 amide bonds. The van der Waals surface area contributed by atoms with Crippen molar-refractivity contribution in [1.82, 2.24) is 14.9 Å². The molecule has 8 heteroatoms. The molecule has 0 radical (unpaired) electrons. The van der Waals surface area contributed by atoms with E-state index in [1.165, 1.54) is 6.92 Å². The summed E-state index contributed by atoms with van der Waals surface area (Å²) < 4.78 is 11.5. The highest BCUT2D eigenvalue weighted by Crippen LogP contribution is 2.17. The van der Waals surface area contributed by atoms with Crippen LogP contribution in [0.25, 0.3) is 10.9 Å². The quantitative estimate of drug-likeness (QED) is 0.903. The lowest BCUT2D eigenvalue weighted by atomic mass is 10.2. The molecule has 0 aromatic carbocycles. The molecule has 0 spiro atoms. The summed E-state index contributed by atoms with van der Waals surface area (Å²) in [5, 5.41) is 16.9. The normalized spacial score (nSPS) is 12.0. The van der Waals surface area contributed by atoms with Gasteiger partial charge in [-0.05, 0) is 27.7 Å². The highest BCUT2D eigenvalue weighted by molar-refractivity contribution is 6.00. The summed E-state index contributed by atoms with van der Waals surface area (Å²) in [6, 6.07) is 0. The number of hydrogen-bond acceptors (Lipinski definition) is 6. The Bertz CT molecular complexity index is 739. The van der Waals surface area contributed by atoms with Crippen molar-refractivity contribution in [2.45, 2.75) is 39.8 Å². The molecule has 114 valence electrons. The fourth-order valence-corrected chi connectivity index (χ4v) is 1.87. The predicted molar refractivity (Wildman–Crippen MR) is 73.5 cm³/mol. The largest absolute Gasteiger partial charge is 0.476 e. The van der Waals surface area contributed by atoms with E-state index in [0.717, 1.165) is 4.68 Å². The van der Waals surface area contributed by atoms with Crippen molar-refractivity contribution in [2.75, 3.05) is 6.61 Å². The molecule has 2 heterocycles. The minimum Gasteiger partial charge on any atom is -0.476 e. The van der Waals surface area contributed by atoms with Crippen molar-refractivity contribution < 1.29 is 19.2 Å². The van der Waals surface area contributed by atoms with E-state index in [2.05, 4.69) is 10.3 Å². The lowest BCUT2D eigenvalue weighted by molar-refractivity contribution is -0.00840. The number of rotatable bonds is 4. The van der Waals surface area contributed by atoms with Gasteiger partial charge in [0.15, 0.2) is 11.2 Å². The molecule has 0 atom stereocenters. The highest BCUT2D eigenvalue weighted by atomic mass is 16.5. The third-order valence-corrected chi connectivity index (χ3v) is 2.80. The van der Waals surface area contributed by atoms with Gasteiger partial charge in [-0.2, -0.15) is 5.10 Å². The zero-order chi connectivity index (χ0) is 15.8. The van der Waals surface area contributed by atoms with Gasteiger partial charge in [0.05, 0.1) is 24.1 Å². The summed E-state index contributed by atoms with van der Waals surface area (Å²) in [5.74, 6) is -0.984. The number of carboxylic acids is 1. The summed E-state index contributed by atoms with van der Waals surface area (Å²) in [5.41, 5.74) is -1.13. The van der Waals surface area contributed by atoms with Crippen LogP contribution in [0.15, 0.2) is 9.32 Å². The Kier molecular flexibility index (Phi) is 3.82. The highest BCUT2D eigenvalue weighted by Gasteiger charge is 2.22. The Labute approximate surface area is 120 Å². The number of carbonyl (C=O) groups is 1. The second kappa shape index (κ2) is 5.28. The second-order valence-corrected chi connectivity index (χ2v) is 5.61. The third kappa shape index (κ3) is 3.10. The van der Waals surface area contributed by atoms with Crippen molar-refractivity contribution >= 4 is 16.9 Å². The van der Waals surface area contributed by atoms with Gasteiger partial charge >= 0.3 is 5.97 Å². The zero-order valence-electron chi connectivity index (χ0n) is 12.3. The van der Waals surface area contributed by atoms with E-state index in [4.69, 9.17) is 9.26 Å². The topological polar surface area (TPSA) is 107 Å². The molecule has 0 aliphatic heterocycles. The van der Waals surface area contributed by atoms with E-state index in [0.29, 0.717) is 0 Å². The molecule has 0 fully saturated rings. The number of aromatic nitrogens is 3. The number of hydrogen-bond donors (Lipinski definition) is 1. The molecule has 0 unspecified atom stereocenters. The molecule has 0 bridgehead atoms. The number of aromatic carboxylic acids is 1. The van der Waals surface area contributed by atoms with Crippen LogP contribution in [-0.2, 0) is 11.3 Å². The number of ether oxygens (including phenoxy) is 1. The Morgan fingerprint density at radius 3 is 2.67 bits per heavy atom. The maximum absolute atomic E-state index is 12.2. The summed E-state index contributed by atoms with van der Waals surface area (Å²) in [6.07, 6.45) is 0. The first-order valence-electron chi connectivity index (χ1n) is 6.45. The Balaban J connectivity index is 2.43. The SMILES string of the molecule is Cc1onc2c(=O)n(CCOC(C)(C)C)nc(C(=O)O)c12. The standard InChI is InChI=1S/C13H17N3O5/c1-7-8-9(15-21-7)11(17)16(14-10(8)12(18)19)5-6-20-13(2,3)4/h5-6H2,1-4H3,(H,18,19).